The van der Waals surface area contributed by atoms with E-state index in [0.717, 1.165) is 50.1 Å². The van der Waals surface area contributed by atoms with E-state index < -0.39 is 0 Å². The summed E-state index contributed by atoms with van der Waals surface area (Å²) in [5, 5.41) is 6.91. The molecule has 1 saturated carbocycles. The Morgan fingerprint density at radius 3 is 2.71 bits per heavy atom. The quantitative estimate of drug-likeness (QED) is 0.340. The van der Waals surface area contributed by atoms with Crippen LogP contribution in [0.2, 0.25) is 0 Å². The van der Waals surface area contributed by atoms with Gasteiger partial charge in [-0.1, -0.05) is 19.4 Å². The van der Waals surface area contributed by atoms with Gasteiger partial charge in [0.05, 0.1) is 19.3 Å². The Balaban J connectivity index is 0.00000280. The van der Waals surface area contributed by atoms with E-state index >= 15 is 0 Å². The van der Waals surface area contributed by atoms with Crippen molar-refractivity contribution in [1.82, 2.24) is 15.6 Å². The summed E-state index contributed by atoms with van der Waals surface area (Å²) in [7, 11) is 0. The predicted molar refractivity (Wildman–Crippen MR) is 127 cm³/mol. The van der Waals surface area contributed by atoms with Crippen molar-refractivity contribution in [3.8, 4) is 0 Å². The first kappa shape index (κ1) is 23.2. The average Bonchev–Trinajstić information content (AvgIpc) is 2.66. The number of aliphatic imine (C=N–C) groups is 1. The van der Waals surface area contributed by atoms with Gasteiger partial charge in [-0.25, -0.2) is 9.98 Å². The lowest BCUT2D eigenvalue weighted by molar-refractivity contribution is 0.0529. The smallest absolute Gasteiger partial charge is 0.191 e. The molecule has 3 rings (SSSR count). The van der Waals surface area contributed by atoms with Gasteiger partial charge < -0.3 is 20.3 Å². The lowest BCUT2D eigenvalue weighted by atomic mass is 9.67. The Bertz CT molecular complexity index is 612. The van der Waals surface area contributed by atoms with E-state index in [9.17, 15) is 0 Å². The number of morpholine rings is 1. The third kappa shape index (κ3) is 6.20. The molecule has 1 aromatic heterocycles. The van der Waals surface area contributed by atoms with E-state index in [1.807, 2.05) is 6.20 Å². The molecule has 0 radical (unpaired) electrons. The summed E-state index contributed by atoms with van der Waals surface area (Å²) in [6.45, 7) is 11.6. The number of guanidine groups is 1. The van der Waals surface area contributed by atoms with Gasteiger partial charge in [-0.3, -0.25) is 0 Å². The standard InChI is InChI=1S/C21H35N5O.HI/c1-4-21(9-6-10-21)16-25-20(22-5-2)24-14-18-7-8-19(23-13-18)26-11-12-27-17(3)15-26;/h7-8,13,17H,4-6,9-12,14-16H2,1-3H3,(H2,22,24,25);1H. The van der Waals surface area contributed by atoms with Crippen molar-refractivity contribution in [2.75, 3.05) is 37.7 Å². The van der Waals surface area contributed by atoms with Crippen LogP contribution in [0.25, 0.3) is 0 Å². The average molecular weight is 501 g/mol. The minimum absolute atomic E-state index is 0. The number of pyridine rings is 1. The van der Waals surface area contributed by atoms with Crippen molar-refractivity contribution in [2.45, 2.75) is 59.1 Å². The molecule has 28 heavy (non-hydrogen) atoms. The second kappa shape index (κ2) is 11.2. The van der Waals surface area contributed by atoms with Gasteiger partial charge in [-0.05, 0) is 50.2 Å². The van der Waals surface area contributed by atoms with Crippen LogP contribution in [-0.4, -0.2) is 49.8 Å². The second-order valence-electron chi connectivity index (χ2n) is 7.91. The Kier molecular flexibility index (Phi) is 9.27. The third-order valence-corrected chi connectivity index (χ3v) is 5.93. The molecule has 1 aliphatic heterocycles. The number of nitrogens with zero attached hydrogens (tertiary/aromatic N) is 3. The van der Waals surface area contributed by atoms with Crippen LogP contribution in [0.3, 0.4) is 0 Å². The molecule has 158 valence electrons. The van der Waals surface area contributed by atoms with Gasteiger partial charge in [0.1, 0.15) is 5.82 Å². The van der Waals surface area contributed by atoms with Gasteiger partial charge in [-0.15, -0.1) is 24.0 Å². The fourth-order valence-electron chi connectivity index (χ4n) is 3.84. The van der Waals surface area contributed by atoms with Crippen LogP contribution in [0.5, 0.6) is 0 Å². The second-order valence-corrected chi connectivity index (χ2v) is 7.91. The summed E-state index contributed by atoms with van der Waals surface area (Å²) in [6.07, 6.45) is 7.49. The fraction of sp³-hybridized carbons (Fsp3) is 0.714. The molecule has 1 saturated heterocycles. The molecule has 1 atom stereocenters. The Labute approximate surface area is 186 Å². The molecule has 0 aromatic carbocycles. The molecule has 7 heteroatoms. The van der Waals surface area contributed by atoms with Crippen molar-refractivity contribution in [1.29, 1.82) is 0 Å². The summed E-state index contributed by atoms with van der Waals surface area (Å²) in [6, 6.07) is 4.23. The number of aromatic nitrogens is 1. The number of halogens is 1. The molecule has 0 spiro atoms. The molecular weight excluding hydrogens is 465 g/mol. The van der Waals surface area contributed by atoms with Gasteiger partial charge in [0.15, 0.2) is 5.96 Å². The van der Waals surface area contributed by atoms with Crippen LogP contribution in [-0.2, 0) is 11.3 Å². The van der Waals surface area contributed by atoms with E-state index in [-0.39, 0.29) is 30.1 Å². The van der Waals surface area contributed by atoms with Crippen LogP contribution in [0.4, 0.5) is 5.82 Å². The Hall–Kier alpha value is -1.09. The maximum absolute atomic E-state index is 5.61. The van der Waals surface area contributed by atoms with Crippen LogP contribution in [0, 0.1) is 5.41 Å². The van der Waals surface area contributed by atoms with Crippen molar-refractivity contribution in [3.63, 3.8) is 0 Å². The fourth-order valence-corrected chi connectivity index (χ4v) is 3.84. The monoisotopic (exact) mass is 501 g/mol. The number of ether oxygens (including phenoxy) is 1. The molecular formula is C21H36IN5O. The molecule has 2 N–H and O–H groups in total. The number of rotatable bonds is 7. The maximum Gasteiger partial charge on any atom is 0.191 e. The number of anilines is 1. The van der Waals surface area contributed by atoms with Crippen molar-refractivity contribution < 1.29 is 4.74 Å². The van der Waals surface area contributed by atoms with Crippen LogP contribution < -0.4 is 15.5 Å². The Morgan fingerprint density at radius 1 is 1.32 bits per heavy atom. The third-order valence-electron chi connectivity index (χ3n) is 5.93. The van der Waals surface area contributed by atoms with Crippen molar-refractivity contribution >= 4 is 35.8 Å². The molecule has 0 amide bonds. The molecule has 1 aliphatic carbocycles. The zero-order chi connectivity index (χ0) is 19.1. The van der Waals surface area contributed by atoms with E-state index in [1.165, 1.54) is 25.7 Å². The van der Waals surface area contributed by atoms with E-state index in [4.69, 9.17) is 9.73 Å². The van der Waals surface area contributed by atoms with Gasteiger partial charge in [0.2, 0.25) is 0 Å². The van der Waals surface area contributed by atoms with Crippen molar-refractivity contribution in [3.05, 3.63) is 23.9 Å². The molecule has 2 fully saturated rings. The first-order valence-electron chi connectivity index (χ1n) is 10.5. The number of hydrogen-bond donors (Lipinski definition) is 2. The van der Waals surface area contributed by atoms with Crippen LogP contribution >= 0.6 is 24.0 Å². The molecule has 1 unspecified atom stereocenters. The zero-order valence-corrected chi connectivity index (χ0v) is 19.9. The first-order chi connectivity index (χ1) is 13.1. The molecule has 6 nitrogen and oxygen atoms in total. The van der Waals surface area contributed by atoms with Gasteiger partial charge in [0, 0.05) is 32.4 Å². The SMILES string of the molecule is CCNC(=NCc1ccc(N2CCOC(C)C2)nc1)NCC1(CC)CCC1.I. The van der Waals surface area contributed by atoms with Gasteiger partial charge in [-0.2, -0.15) is 0 Å². The summed E-state index contributed by atoms with van der Waals surface area (Å²) in [4.78, 5) is 11.7. The summed E-state index contributed by atoms with van der Waals surface area (Å²) >= 11 is 0. The topological polar surface area (TPSA) is 61.8 Å². The first-order valence-corrected chi connectivity index (χ1v) is 10.5. The summed E-state index contributed by atoms with van der Waals surface area (Å²) in [5.74, 6) is 1.93. The highest BCUT2D eigenvalue weighted by molar-refractivity contribution is 14.0. The van der Waals surface area contributed by atoms with E-state index in [1.54, 1.807) is 0 Å². The zero-order valence-electron chi connectivity index (χ0n) is 17.5. The van der Waals surface area contributed by atoms with E-state index in [0.29, 0.717) is 12.0 Å². The Morgan fingerprint density at radius 2 is 2.14 bits per heavy atom. The molecule has 2 heterocycles. The van der Waals surface area contributed by atoms with Crippen LogP contribution in [0.15, 0.2) is 23.3 Å². The molecule has 1 aromatic rings. The van der Waals surface area contributed by atoms with Gasteiger partial charge in [0.25, 0.3) is 0 Å². The predicted octanol–water partition coefficient (Wildman–Crippen LogP) is 3.56. The highest BCUT2D eigenvalue weighted by Crippen LogP contribution is 2.42. The van der Waals surface area contributed by atoms with Crippen LogP contribution in [0.1, 0.15) is 52.0 Å². The molecule has 2 aliphatic rings. The van der Waals surface area contributed by atoms with Gasteiger partial charge >= 0.3 is 0 Å². The summed E-state index contributed by atoms with van der Waals surface area (Å²) in [5.41, 5.74) is 1.61. The van der Waals surface area contributed by atoms with Crippen molar-refractivity contribution in [2.24, 2.45) is 10.4 Å². The lowest BCUT2D eigenvalue weighted by Crippen LogP contribution is -2.46. The largest absolute Gasteiger partial charge is 0.375 e. The minimum atomic E-state index is 0. The molecule has 0 bridgehead atoms. The normalized spacial score (nSPS) is 21.5. The maximum atomic E-state index is 5.61. The minimum Gasteiger partial charge on any atom is -0.375 e. The highest BCUT2D eigenvalue weighted by atomic mass is 127. The summed E-state index contributed by atoms with van der Waals surface area (Å²) < 4.78 is 5.61. The lowest BCUT2D eigenvalue weighted by Gasteiger charge is -2.41. The number of hydrogen-bond acceptors (Lipinski definition) is 4. The van der Waals surface area contributed by atoms with E-state index in [2.05, 4.69) is 53.4 Å². The number of nitrogens with one attached hydrogen (secondary N) is 2. The highest BCUT2D eigenvalue weighted by Gasteiger charge is 2.34.